The number of benzene rings is 2. The highest BCUT2D eigenvalue weighted by Crippen LogP contribution is 2.33. The Hall–Kier alpha value is -1.67. The fourth-order valence-electron chi connectivity index (χ4n) is 2.60. The fourth-order valence-corrected chi connectivity index (χ4v) is 2.89. The van der Waals surface area contributed by atoms with E-state index in [2.05, 4.69) is 24.3 Å². The van der Waals surface area contributed by atoms with Crippen LogP contribution in [0.15, 0.2) is 48.5 Å². The van der Waals surface area contributed by atoms with Crippen molar-refractivity contribution in [2.24, 2.45) is 0 Å². The molecule has 22 heavy (non-hydrogen) atoms. The maximum absolute atomic E-state index is 6.45. The molecular formula is C19H23ClO2. The molecule has 2 nitrogen and oxygen atoms in total. The Bertz CT molecular complexity index is 511. The molecule has 118 valence electrons. The van der Waals surface area contributed by atoms with Crippen molar-refractivity contribution in [3.63, 3.8) is 0 Å². The van der Waals surface area contributed by atoms with Gasteiger partial charge in [-0.3, -0.25) is 0 Å². The Balaban J connectivity index is 2.25. The number of hydrogen-bond donors (Lipinski definition) is 0. The van der Waals surface area contributed by atoms with Crippen LogP contribution < -0.4 is 9.47 Å². The van der Waals surface area contributed by atoms with Crippen LogP contribution in [-0.4, -0.2) is 18.6 Å². The molecule has 3 heteroatoms. The van der Waals surface area contributed by atoms with Crippen molar-refractivity contribution in [2.45, 2.75) is 32.1 Å². The van der Waals surface area contributed by atoms with Crippen LogP contribution in [0.3, 0.4) is 0 Å². The summed E-state index contributed by atoms with van der Waals surface area (Å²) in [5, 5.41) is -0.00381. The molecule has 1 atom stereocenters. The Labute approximate surface area is 138 Å². The second kappa shape index (κ2) is 8.09. The molecule has 0 radical (unpaired) electrons. The average molecular weight is 319 g/mol. The van der Waals surface area contributed by atoms with E-state index < -0.39 is 0 Å². The van der Waals surface area contributed by atoms with E-state index in [1.54, 1.807) is 0 Å². The van der Waals surface area contributed by atoms with Crippen LogP contribution in [0.5, 0.6) is 11.5 Å². The average Bonchev–Trinajstić information content (AvgIpc) is 2.51. The molecule has 0 amide bonds. The van der Waals surface area contributed by atoms with Crippen LogP contribution in [0.25, 0.3) is 0 Å². The van der Waals surface area contributed by atoms with E-state index in [1.807, 2.05) is 45.0 Å². The Morgan fingerprint density at radius 1 is 0.773 bits per heavy atom. The molecule has 0 aromatic heterocycles. The Kier molecular flexibility index (Phi) is 6.14. The van der Waals surface area contributed by atoms with Crippen molar-refractivity contribution in [2.75, 3.05) is 13.2 Å². The first-order valence-electron chi connectivity index (χ1n) is 7.75. The fraction of sp³-hybridized carbons (Fsp3) is 0.368. The van der Waals surface area contributed by atoms with Crippen molar-refractivity contribution in [1.29, 1.82) is 0 Å². The molecule has 0 spiro atoms. The van der Waals surface area contributed by atoms with E-state index in [1.165, 1.54) is 11.1 Å². The third-order valence-electron chi connectivity index (χ3n) is 3.56. The van der Waals surface area contributed by atoms with Gasteiger partial charge < -0.3 is 9.47 Å². The van der Waals surface area contributed by atoms with E-state index in [-0.39, 0.29) is 11.3 Å². The number of alkyl halides is 1. The third kappa shape index (κ3) is 4.17. The second-order valence-electron chi connectivity index (χ2n) is 5.16. The van der Waals surface area contributed by atoms with Crippen LogP contribution in [-0.2, 0) is 0 Å². The molecule has 0 saturated carbocycles. The number of halogens is 1. The normalized spacial score (nSPS) is 12.2. The second-order valence-corrected chi connectivity index (χ2v) is 5.85. The van der Waals surface area contributed by atoms with Crippen molar-refractivity contribution < 1.29 is 9.47 Å². The lowest BCUT2D eigenvalue weighted by atomic mass is 9.89. The first kappa shape index (κ1) is 16.7. The van der Waals surface area contributed by atoms with Crippen LogP contribution in [0.4, 0.5) is 0 Å². The van der Waals surface area contributed by atoms with Crippen LogP contribution in [0.2, 0.25) is 0 Å². The minimum Gasteiger partial charge on any atom is -0.494 e. The summed E-state index contributed by atoms with van der Waals surface area (Å²) in [6.07, 6.45) is 0. The van der Waals surface area contributed by atoms with Gasteiger partial charge in [-0.05, 0) is 56.2 Å². The number of hydrogen-bond acceptors (Lipinski definition) is 2. The summed E-state index contributed by atoms with van der Waals surface area (Å²) in [6, 6.07) is 16.4. The molecule has 0 aliphatic carbocycles. The monoisotopic (exact) mass is 318 g/mol. The smallest absolute Gasteiger partial charge is 0.119 e. The van der Waals surface area contributed by atoms with Gasteiger partial charge in [-0.25, -0.2) is 0 Å². The molecule has 0 N–H and O–H groups in total. The molecule has 0 fully saturated rings. The zero-order chi connectivity index (χ0) is 15.9. The van der Waals surface area contributed by atoms with Gasteiger partial charge in [-0.1, -0.05) is 24.3 Å². The van der Waals surface area contributed by atoms with E-state index in [9.17, 15) is 0 Å². The molecule has 1 unspecified atom stereocenters. The van der Waals surface area contributed by atoms with Gasteiger partial charge in [0.25, 0.3) is 0 Å². The van der Waals surface area contributed by atoms with Crippen LogP contribution in [0.1, 0.15) is 37.8 Å². The van der Waals surface area contributed by atoms with Gasteiger partial charge in [0.05, 0.1) is 13.2 Å². The molecule has 2 aromatic carbocycles. The lowest BCUT2D eigenvalue weighted by molar-refractivity contribution is 0.340. The van der Waals surface area contributed by atoms with Gasteiger partial charge in [0.1, 0.15) is 11.5 Å². The summed E-state index contributed by atoms with van der Waals surface area (Å²) in [5.74, 6) is 1.92. The molecule has 0 saturated heterocycles. The molecule has 0 heterocycles. The SMILES string of the molecule is CCOc1ccc(C(c2ccc(OCC)cc2)C(C)Cl)cc1. The van der Waals surface area contributed by atoms with Crippen molar-refractivity contribution in [3.05, 3.63) is 59.7 Å². The summed E-state index contributed by atoms with van der Waals surface area (Å²) < 4.78 is 11.0. The zero-order valence-corrected chi connectivity index (χ0v) is 14.1. The van der Waals surface area contributed by atoms with Gasteiger partial charge in [0.2, 0.25) is 0 Å². The van der Waals surface area contributed by atoms with Gasteiger partial charge in [0.15, 0.2) is 0 Å². The van der Waals surface area contributed by atoms with Gasteiger partial charge in [-0.15, -0.1) is 11.6 Å². The molecule has 0 aliphatic heterocycles. The minimum absolute atomic E-state index is 0.00381. The van der Waals surface area contributed by atoms with Crippen molar-refractivity contribution in [3.8, 4) is 11.5 Å². The highest BCUT2D eigenvalue weighted by Gasteiger charge is 2.19. The lowest BCUT2D eigenvalue weighted by Gasteiger charge is -2.21. The highest BCUT2D eigenvalue weighted by molar-refractivity contribution is 6.21. The predicted octanol–water partition coefficient (Wildman–Crippen LogP) is 5.24. The standard InChI is InChI=1S/C19H23ClO2/c1-4-21-17-10-6-15(7-11-17)19(14(3)20)16-8-12-18(13-9-16)22-5-2/h6-14,19H,4-5H2,1-3H3. The van der Waals surface area contributed by atoms with Gasteiger partial charge >= 0.3 is 0 Å². The Morgan fingerprint density at radius 2 is 1.14 bits per heavy atom. The van der Waals surface area contributed by atoms with Crippen molar-refractivity contribution >= 4 is 11.6 Å². The summed E-state index contributed by atoms with van der Waals surface area (Å²) >= 11 is 6.45. The van der Waals surface area contributed by atoms with Gasteiger partial charge in [0, 0.05) is 11.3 Å². The molecule has 0 aliphatic rings. The van der Waals surface area contributed by atoms with E-state index >= 15 is 0 Å². The van der Waals surface area contributed by atoms with E-state index in [0.29, 0.717) is 13.2 Å². The maximum Gasteiger partial charge on any atom is 0.119 e. The largest absolute Gasteiger partial charge is 0.494 e. The minimum atomic E-state index is -0.00381. The number of rotatable bonds is 7. The maximum atomic E-state index is 6.45. The number of ether oxygens (including phenoxy) is 2. The quantitative estimate of drug-likeness (QED) is 0.650. The highest BCUT2D eigenvalue weighted by atomic mass is 35.5. The summed E-state index contributed by atoms with van der Waals surface area (Å²) in [6.45, 7) is 7.34. The van der Waals surface area contributed by atoms with Crippen LogP contribution in [0, 0.1) is 0 Å². The van der Waals surface area contributed by atoms with Crippen molar-refractivity contribution in [1.82, 2.24) is 0 Å². The molecule has 0 bridgehead atoms. The van der Waals surface area contributed by atoms with Crippen LogP contribution >= 0.6 is 11.6 Å². The zero-order valence-electron chi connectivity index (χ0n) is 13.4. The summed E-state index contributed by atoms with van der Waals surface area (Å²) in [4.78, 5) is 0. The summed E-state index contributed by atoms with van der Waals surface area (Å²) in [7, 11) is 0. The molecule has 2 rings (SSSR count). The first-order valence-corrected chi connectivity index (χ1v) is 8.19. The van der Waals surface area contributed by atoms with E-state index in [4.69, 9.17) is 21.1 Å². The molecular weight excluding hydrogens is 296 g/mol. The van der Waals surface area contributed by atoms with Gasteiger partial charge in [-0.2, -0.15) is 0 Å². The first-order chi connectivity index (χ1) is 10.7. The predicted molar refractivity (Wildman–Crippen MR) is 92.4 cm³/mol. The summed E-state index contributed by atoms with van der Waals surface area (Å²) in [5.41, 5.74) is 2.38. The third-order valence-corrected chi connectivity index (χ3v) is 3.81. The Morgan fingerprint density at radius 3 is 1.41 bits per heavy atom. The molecule has 2 aromatic rings. The lowest BCUT2D eigenvalue weighted by Crippen LogP contribution is -2.11. The topological polar surface area (TPSA) is 18.5 Å². The van der Waals surface area contributed by atoms with E-state index in [0.717, 1.165) is 11.5 Å².